The van der Waals surface area contributed by atoms with Crippen LogP contribution in [0.25, 0.3) is 10.9 Å². The first-order valence-corrected chi connectivity index (χ1v) is 32.2. The number of rotatable bonds is 34. The number of likely N-dealkylation sites (tertiary alicyclic amines) is 1. The number of fused-ring (bicyclic) bond motifs is 1. The molecule has 17 N–H and O–H groups in total. The Morgan fingerprint density at radius 3 is 1.95 bits per heavy atom. The van der Waals surface area contributed by atoms with Gasteiger partial charge >= 0.3 is 0 Å². The number of benzene rings is 3. The maximum Gasteiger partial charge on any atom is 0.245 e. The molecule has 9 unspecified atom stereocenters. The Morgan fingerprint density at radius 2 is 1.30 bits per heavy atom. The van der Waals surface area contributed by atoms with Crippen molar-refractivity contribution >= 4 is 75.9 Å². The van der Waals surface area contributed by atoms with Crippen LogP contribution in [0.5, 0.6) is 5.75 Å². The van der Waals surface area contributed by atoms with Crippen molar-refractivity contribution in [2.45, 2.75) is 152 Å². The zero-order valence-electron chi connectivity index (χ0n) is 53.8. The van der Waals surface area contributed by atoms with Gasteiger partial charge in [0.2, 0.25) is 59.1 Å². The predicted octanol–water partition coefficient (Wildman–Crippen LogP) is -0.997. The zero-order chi connectivity index (χ0) is 68.8. The highest BCUT2D eigenvalue weighted by molar-refractivity contribution is 5.99. The molecule has 96 heavy (non-hydrogen) atoms. The number of hydrogen-bond donors (Lipinski definition) is 15. The smallest absolute Gasteiger partial charge is 0.245 e. The number of nitrogens with two attached hydrogens (primary N) is 2. The summed E-state index contributed by atoms with van der Waals surface area (Å²) < 4.78 is 1.77. The fourth-order valence-corrected chi connectivity index (χ4v) is 11.7. The molecule has 0 radical (unpaired) electrons. The number of amides is 10. The van der Waals surface area contributed by atoms with Crippen molar-refractivity contribution in [1.29, 1.82) is 0 Å². The number of phenolic OH excluding ortho intramolecular Hbond substituents is 1. The van der Waals surface area contributed by atoms with Crippen LogP contribution >= 0.6 is 0 Å². The van der Waals surface area contributed by atoms with Gasteiger partial charge in [-0.1, -0.05) is 74.5 Å². The van der Waals surface area contributed by atoms with Gasteiger partial charge in [0.1, 0.15) is 60.1 Å². The van der Waals surface area contributed by atoms with Crippen LogP contribution in [0.2, 0.25) is 0 Å². The lowest BCUT2D eigenvalue weighted by molar-refractivity contribution is -0.142. The minimum atomic E-state index is -1.80. The summed E-state index contributed by atoms with van der Waals surface area (Å²) >= 11 is 0. The Hall–Kier alpha value is -10.7. The summed E-state index contributed by atoms with van der Waals surface area (Å²) in [5, 5.41) is 46.4. The standard InChI is InChI=1S/C66H86N18O12/c1-4-71-64(95)55-17-11-25-84(55)65(96)48(16-10-24-72-66(67)68)76-58(89)49(26-38(2)3)77-62(93)53(30-43-33-70-37-83(43)34-40-12-6-5-7-13-40)81-59(90)50(27-39-18-20-44(86)21-19-39)78-63(94)54(35-85)82-60(91)51(28-41-31-73-46-15-9-8-14-45(41)46)79-61(92)52(29-42-32-69-36-74-42)80-57(88)47-22-23-56(87)75-47/h5-9,12-15,18-21,31-33,36-38,47-55,73,85-86H,4,10-11,16-17,22-30,34-35H2,1-3H3,(H,69,74)(H,71,95)(H,75,87)(H,76,89)(H,77,93)(H,78,94)(H,79,92)(H,80,88)(H,81,90)(H,82,91)(H4,67,68,72). The first kappa shape index (κ1) is 71.2. The summed E-state index contributed by atoms with van der Waals surface area (Å²) in [4.78, 5) is 162. The number of aliphatic hydroxyl groups excluding tert-OH is 1. The molecule has 3 aromatic carbocycles. The number of aliphatic hydroxyl groups is 1. The number of nitrogens with one attached hydrogen (secondary N) is 11. The van der Waals surface area contributed by atoms with E-state index in [1.165, 1.54) is 47.9 Å². The van der Waals surface area contributed by atoms with Crippen LogP contribution in [0.1, 0.15) is 93.8 Å². The number of likely N-dealkylation sites (N-methyl/N-ethyl adjacent to an activating group) is 1. The summed E-state index contributed by atoms with van der Waals surface area (Å²) in [6.07, 6.45) is 8.35. The van der Waals surface area contributed by atoms with Gasteiger partial charge in [-0.25, -0.2) is 9.97 Å². The van der Waals surface area contributed by atoms with E-state index in [-0.39, 0.29) is 100 Å². The number of carbonyl (C=O) groups excluding carboxylic acids is 10. The van der Waals surface area contributed by atoms with E-state index in [9.17, 15) is 48.6 Å². The molecule has 2 aliphatic rings. The van der Waals surface area contributed by atoms with E-state index in [2.05, 4.69) is 72.8 Å². The summed E-state index contributed by atoms with van der Waals surface area (Å²) in [6, 6.07) is 10.4. The molecule has 0 saturated carbocycles. The molecule has 5 heterocycles. The van der Waals surface area contributed by atoms with Crippen LogP contribution in [0.15, 0.2) is 115 Å². The number of nitrogens with zero attached hydrogens (tertiary/aromatic N) is 5. The highest BCUT2D eigenvalue weighted by atomic mass is 16.3. The number of hydrogen-bond acceptors (Lipinski definition) is 15. The van der Waals surface area contributed by atoms with E-state index >= 15 is 9.59 Å². The van der Waals surface area contributed by atoms with Crippen molar-refractivity contribution in [3.63, 3.8) is 0 Å². The number of aromatic hydroxyl groups is 1. The highest BCUT2D eigenvalue weighted by Crippen LogP contribution is 2.23. The molecular formula is C66H86N18O12. The average molecular weight is 1320 g/mol. The predicted molar refractivity (Wildman–Crippen MR) is 352 cm³/mol. The van der Waals surface area contributed by atoms with Crippen LogP contribution in [0, 0.1) is 5.92 Å². The monoisotopic (exact) mass is 1320 g/mol. The first-order valence-electron chi connectivity index (χ1n) is 32.2. The van der Waals surface area contributed by atoms with Crippen molar-refractivity contribution in [3.8, 4) is 5.75 Å². The number of carbonyl (C=O) groups is 10. The van der Waals surface area contributed by atoms with E-state index in [1.807, 2.05) is 50.2 Å². The molecule has 0 spiro atoms. The molecule has 0 bridgehead atoms. The first-order chi connectivity index (χ1) is 46.2. The number of para-hydroxylation sites is 1. The third-order valence-corrected chi connectivity index (χ3v) is 16.6. The molecule has 30 nitrogen and oxygen atoms in total. The topological polar surface area (TPSA) is 449 Å². The molecule has 3 aromatic heterocycles. The minimum absolute atomic E-state index is 0.0497. The maximum absolute atomic E-state index is 15.2. The SMILES string of the molecule is CCNC(=O)C1CCCN1C(=O)C(CCCN=C(N)N)NC(=O)C(CC(C)C)NC(=O)C(Cc1cncn1Cc1ccccc1)NC(=O)C(Cc1ccc(O)cc1)NC(=O)C(CO)NC(=O)C(Cc1c[nH]c2ccccc12)NC(=O)C(Cc1cnc[nH]1)NC(=O)C1CCC(=O)N1. The molecule has 0 aliphatic carbocycles. The number of aromatic amines is 2. The molecule has 2 aliphatic heterocycles. The second-order valence-corrected chi connectivity index (χ2v) is 24.3. The molecule has 8 rings (SSSR count). The zero-order valence-corrected chi connectivity index (χ0v) is 53.8. The van der Waals surface area contributed by atoms with Crippen LogP contribution in [-0.2, 0) is 80.2 Å². The third-order valence-electron chi connectivity index (χ3n) is 16.6. The average Bonchev–Trinajstić information content (AvgIpc) is 1.29. The Bertz CT molecular complexity index is 3680. The lowest BCUT2D eigenvalue weighted by Crippen LogP contribution is -2.61. The quantitative estimate of drug-likeness (QED) is 0.0131. The third kappa shape index (κ3) is 20.2. The van der Waals surface area contributed by atoms with Gasteiger partial charge in [0.15, 0.2) is 5.96 Å². The van der Waals surface area contributed by atoms with Gasteiger partial charge in [0, 0.05) is 99.2 Å². The van der Waals surface area contributed by atoms with E-state index < -0.39 is 108 Å². The summed E-state index contributed by atoms with van der Waals surface area (Å²) in [7, 11) is 0. The van der Waals surface area contributed by atoms with Gasteiger partial charge in [-0.05, 0) is 86.3 Å². The fourth-order valence-electron chi connectivity index (χ4n) is 11.7. The van der Waals surface area contributed by atoms with Gasteiger partial charge in [0.25, 0.3) is 0 Å². The van der Waals surface area contributed by atoms with Crippen LogP contribution < -0.4 is 59.3 Å². The lowest BCUT2D eigenvalue weighted by Gasteiger charge is -2.30. The number of phenols is 1. The number of H-pyrrole nitrogens is 2. The van der Waals surface area contributed by atoms with E-state index in [0.29, 0.717) is 59.3 Å². The number of guanidine groups is 1. The summed E-state index contributed by atoms with van der Waals surface area (Å²) in [6.45, 7) is 5.41. The fraction of sp³-hybridized carbons (Fsp3) is 0.439. The highest BCUT2D eigenvalue weighted by Gasteiger charge is 2.40. The molecular weight excluding hydrogens is 1240 g/mol. The summed E-state index contributed by atoms with van der Waals surface area (Å²) in [5.74, 6) is -7.70. The number of aliphatic imine (C=N–C) groups is 1. The Balaban J connectivity index is 1.07. The van der Waals surface area contributed by atoms with E-state index in [1.54, 1.807) is 42.2 Å². The van der Waals surface area contributed by atoms with Crippen LogP contribution in [0.4, 0.5) is 0 Å². The van der Waals surface area contributed by atoms with Crippen molar-refractivity contribution in [1.82, 2.24) is 77.3 Å². The molecule has 2 saturated heterocycles. The Morgan fingerprint density at radius 1 is 0.677 bits per heavy atom. The van der Waals surface area contributed by atoms with Gasteiger partial charge in [-0.15, -0.1) is 0 Å². The molecule has 9 atom stereocenters. The van der Waals surface area contributed by atoms with Gasteiger partial charge in [-0.3, -0.25) is 52.9 Å². The van der Waals surface area contributed by atoms with Gasteiger partial charge in [0.05, 0.1) is 19.3 Å². The molecule has 6 aromatic rings. The van der Waals surface area contributed by atoms with E-state index in [4.69, 9.17) is 11.5 Å². The lowest BCUT2D eigenvalue weighted by atomic mass is 10.00. The van der Waals surface area contributed by atoms with Crippen molar-refractivity contribution in [2.24, 2.45) is 22.4 Å². The normalized spacial score (nSPS) is 16.6. The van der Waals surface area contributed by atoms with Gasteiger partial charge in [-0.2, -0.15) is 0 Å². The Labute approximate surface area is 554 Å². The second kappa shape index (κ2) is 34.5. The largest absolute Gasteiger partial charge is 0.508 e. The van der Waals surface area contributed by atoms with Crippen LogP contribution in [0.3, 0.4) is 0 Å². The Kier molecular flexibility index (Phi) is 25.6. The number of imidazole rings is 2. The van der Waals surface area contributed by atoms with E-state index in [0.717, 1.165) is 5.56 Å². The van der Waals surface area contributed by atoms with Crippen molar-refractivity contribution < 1.29 is 58.2 Å². The molecule has 30 heteroatoms. The second-order valence-electron chi connectivity index (χ2n) is 24.3. The van der Waals surface area contributed by atoms with Crippen molar-refractivity contribution in [2.75, 3.05) is 26.2 Å². The molecule has 2 fully saturated rings. The molecule has 512 valence electrons. The summed E-state index contributed by atoms with van der Waals surface area (Å²) in [5.41, 5.74) is 14.7. The van der Waals surface area contributed by atoms with Crippen LogP contribution in [-0.4, -0.2) is 185 Å². The van der Waals surface area contributed by atoms with Gasteiger partial charge < -0.3 is 89.0 Å². The minimum Gasteiger partial charge on any atom is -0.508 e. The maximum atomic E-state index is 15.2. The van der Waals surface area contributed by atoms with Crippen molar-refractivity contribution in [3.05, 3.63) is 138 Å². The molecule has 10 amide bonds. The number of aromatic nitrogens is 5.